The summed E-state index contributed by atoms with van der Waals surface area (Å²) in [4.78, 5) is 0. The molecule has 0 aliphatic carbocycles. The van der Waals surface area contributed by atoms with Crippen molar-refractivity contribution in [2.24, 2.45) is 17.6 Å². The van der Waals surface area contributed by atoms with Gasteiger partial charge in [-0.2, -0.15) is 0 Å². The molecular formula is C11H25N. The lowest BCUT2D eigenvalue weighted by Gasteiger charge is -2.28. The molecule has 0 aromatic carbocycles. The second-order valence-corrected chi connectivity index (χ2v) is 4.99. The third kappa shape index (κ3) is 5.59. The molecule has 0 heterocycles. The smallest absolute Gasteiger partial charge is 0.00997 e. The summed E-state index contributed by atoms with van der Waals surface area (Å²) in [5, 5.41) is 0. The Bertz CT molecular complexity index is 111. The van der Waals surface area contributed by atoms with Gasteiger partial charge in [-0.1, -0.05) is 33.6 Å². The molecule has 0 amide bonds. The molecule has 0 aromatic heterocycles. The Morgan fingerprint density at radius 1 is 1.25 bits per heavy atom. The van der Waals surface area contributed by atoms with Crippen molar-refractivity contribution in [1.82, 2.24) is 0 Å². The first-order valence-corrected chi connectivity index (χ1v) is 5.15. The fourth-order valence-electron chi connectivity index (χ4n) is 1.72. The second kappa shape index (κ2) is 4.86. The minimum absolute atomic E-state index is 0.00407. The van der Waals surface area contributed by atoms with Gasteiger partial charge in [0.15, 0.2) is 0 Å². The van der Waals surface area contributed by atoms with Crippen LogP contribution in [-0.4, -0.2) is 5.54 Å². The van der Waals surface area contributed by atoms with Crippen molar-refractivity contribution in [3.63, 3.8) is 0 Å². The van der Waals surface area contributed by atoms with Gasteiger partial charge >= 0.3 is 0 Å². The Hall–Kier alpha value is -0.0400. The summed E-state index contributed by atoms with van der Waals surface area (Å²) in [6, 6.07) is 0. The Morgan fingerprint density at radius 3 is 2.00 bits per heavy atom. The molecule has 0 aromatic rings. The number of rotatable bonds is 5. The van der Waals surface area contributed by atoms with Crippen LogP contribution < -0.4 is 5.73 Å². The van der Waals surface area contributed by atoms with Crippen LogP contribution in [0.25, 0.3) is 0 Å². The Labute approximate surface area is 77.7 Å². The first-order valence-electron chi connectivity index (χ1n) is 5.15. The van der Waals surface area contributed by atoms with Gasteiger partial charge in [-0.05, 0) is 32.1 Å². The van der Waals surface area contributed by atoms with E-state index >= 15 is 0 Å². The fraction of sp³-hybridized carbons (Fsp3) is 1.00. The van der Waals surface area contributed by atoms with Crippen molar-refractivity contribution < 1.29 is 0 Å². The number of hydrogen-bond acceptors (Lipinski definition) is 1. The highest BCUT2D eigenvalue weighted by Gasteiger charge is 2.20. The Balaban J connectivity index is 3.95. The van der Waals surface area contributed by atoms with E-state index in [1.165, 1.54) is 12.8 Å². The number of nitrogens with two attached hydrogens (primary N) is 1. The Kier molecular flexibility index (Phi) is 4.84. The molecule has 0 aliphatic heterocycles. The van der Waals surface area contributed by atoms with Crippen LogP contribution in [0.5, 0.6) is 0 Å². The maximum absolute atomic E-state index is 6.00. The molecule has 0 radical (unpaired) electrons. The minimum atomic E-state index is 0.00407. The lowest BCUT2D eigenvalue weighted by Crippen LogP contribution is -2.35. The quantitative estimate of drug-likeness (QED) is 0.675. The molecule has 0 fully saturated rings. The maximum Gasteiger partial charge on any atom is 0.00997 e. The summed E-state index contributed by atoms with van der Waals surface area (Å²) in [5.41, 5.74) is 6.01. The van der Waals surface area contributed by atoms with Crippen molar-refractivity contribution in [2.45, 2.75) is 59.4 Å². The molecule has 0 saturated heterocycles. The van der Waals surface area contributed by atoms with Crippen LogP contribution in [0.15, 0.2) is 0 Å². The van der Waals surface area contributed by atoms with Crippen LogP contribution in [0.2, 0.25) is 0 Å². The van der Waals surface area contributed by atoms with E-state index in [2.05, 4.69) is 34.6 Å². The zero-order chi connectivity index (χ0) is 9.78. The molecule has 0 aliphatic rings. The highest BCUT2D eigenvalue weighted by atomic mass is 14.7. The lowest BCUT2D eigenvalue weighted by molar-refractivity contribution is 0.272. The van der Waals surface area contributed by atoms with Crippen LogP contribution in [0.1, 0.15) is 53.9 Å². The lowest BCUT2D eigenvalue weighted by atomic mass is 9.82. The summed E-state index contributed by atoms with van der Waals surface area (Å²) in [5.74, 6) is 1.57. The van der Waals surface area contributed by atoms with E-state index in [1.807, 2.05) is 0 Å². The highest BCUT2D eigenvalue weighted by molar-refractivity contribution is 4.77. The van der Waals surface area contributed by atoms with Gasteiger partial charge in [-0.25, -0.2) is 0 Å². The van der Waals surface area contributed by atoms with Gasteiger partial charge in [0.25, 0.3) is 0 Å². The first kappa shape index (κ1) is 12.0. The molecule has 0 spiro atoms. The molecule has 1 unspecified atom stereocenters. The molecule has 12 heavy (non-hydrogen) atoms. The monoisotopic (exact) mass is 171 g/mol. The zero-order valence-electron chi connectivity index (χ0n) is 9.35. The first-order chi connectivity index (χ1) is 5.37. The average molecular weight is 171 g/mol. The zero-order valence-corrected chi connectivity index (χ0v) is 9.35. The van der Waals surface area contributed by atoms with Crippen molar-refractivity contribution in [3.05, 3.63) is 0 Å². The van der Waals surface area contributed by atoms with Gasteiger partial charge in [0, 0.05) is 5.54 Å². The molecule has 0 bridgehead atoms. The standard InChI is InChI=1S/C11H25N/c1-6-7-10(9(2)3)8-11(4,5)12/h9-10H,6-8,12H2,1-5H3. The molecule has 0 rings (SSSR count). The molecule has 2 N–H and O–H groups in total. The summed E-state index contributed by atoms with van der Waals surface area (Å²) in [6.45, 7) is 11.1. The van der Waals surface area contributed by atoms with Crippen LogP contribution in [0, 0.1) is 11.8 Å². The van der Waals surface area contributed by atoms with E-state index in [4.69, 9.17) is 5.73 Å². The van der Waals surface area contributed by atoms with Gasteiger partial charge in [0.2, 0.25) is 0 Å². The van der Waals surface area contributed by atoms with E-state index in [-0.39, 0.29) is 5.54 Å². The predicted molar refractivity (Wildman–Crippen MR) is 56.1 cm³/mol. The van der Waals surface area contributed by atoms with Gasteiger partial charge in [-0.15, -0.1) is 0 Å². The third-order valence-corrected chi connectivity index (χ3v) is 2.39. The van der Waals surface area contributed by atoms with Crippen LogP contribution >= 0.6 is 0 Å². The number of hydrogen-bond donors (Lipinski definition) is 1. The van der Waals surface area contributed by atoms with Crippen molar-refractivity contribution in [3.8, 4) is 0 Å². The topological polar surface area (TPSA) is 26.0 Å². The van der Waals surface area contributed by atoms with E-state index in [1.54, 1.807) is 0 Å². The van der Waals surface area contributed by atoms with Crippen LogP contribution in [0.3, 0.4) is 0 Å². The summed E-state index contributed by atoms with van der Waals surface area (Å²) >= 11 is 0. The Morgan fingerprint density at radius 2 is 1.75 bits per heavy atom. The summed E-state index contributed by atoms with van der Waals surface area (Å²) in [6.07, 6.45) is 3.75. The molecule has 1 atom stereocenters. The predicted octanol–water partition coefficient (Wildman–Crippen LogP) is 3.19. The molecular weight excluding hydrogens is 146 g/mol. The van der Waals surface area contributed by atoms with E-state index < -0.39 is 0 Å². The fourth-order valence-corrected chi connectivity index (χ4v) is 1.72. The largest absolute Gasteiger partial charge is 0.326 e. The maximum atomic E-state index is 6.00. The van der Waals surface area contributed by atoms with Crippen LogP contribution in [-0.2, 0) is 0 Å². The summed E-state index contributed by atoms with van der Waals surface area (Å²) < 4.78 is 0. The van der Waals surface area contributed by atoms with E-state index in [0.717, 1.165) is 18.3 Å². The molecule has 1 heteroatoms. The molecule has 74 valence electrons. The normalized spacial score (nSPS) is 15.2. The van der Waals surface area contributed by atoms with Gasteiger partial charge in [-0.3, -0.25) is 0 Å². The SMILES string of the molecule is CCCC(CC(C)(C)N)C(C)C. The van der Waals surface area contributed by atoms with Crippen LogP contribution in [0.4, 0.5) is 0 Å². The van der Waals surface area contributed by atoms with E-state index in [0.29, 0.717) is 0 Å². The van der Waals surface area contributed by atoms with Gasteiger partial charge in [0.1, 0.15) is 0 Å². The van der Waals surface area contributed by atoms with E-state index in [9.17, 15) is 0 Å². The molecule has 0 saturated carbocycles. The third-order valence-electron chi connectivity index (χ3n) is 2.39. The van der Waals surface area contributed by atoms with Gasteiger partial charge in [0.05, 0.1) is 0 Å². The summed E-state index contributed by atoms with van der Waals surface area (Å²) in [7, 11) is 0. The van der Waals surface area contributed by atoms with Crippen molar-refractivity contribution in [2.75, 3.05) is 0 Å². The van der Waals surface area contributed by atoms with Crippen molar-refractivity contribution in [1.29, 1.82) is 0 Å². The minimum Gasteiger partial charge on any atom is -0.326 e. The second-order valence-electron chi connectivity index (χ2n) is 4.99. The highest BCUT2D eigenvalue weighted by Crippen LogP contribution is 2.25. The van der Waals surface area contributed by atoms with Gasteiger partial charge < -0.3 is 5.73 Å². The average Bonchev–Trinajstić information content (AvgIpc) is 1.83. The van der Waals surface area contributed by atoms with Crippen molar-refractivity contribution >= 4 is 0 Å². The molecule has 1 nitrogen and oxygen atoms in total.